The van der Waals surface area contributed by atoms with E-state index in [2.05, 4.69) is 5.32 Å². The quantitative estimate of drug-likeness (QED) is 0.621. The number of rotatable bonds is 6. The van der Waals surface area contributed by atoms with Gasteiger partial charge in [-0.3, -0.25) is 9.59 Å². The van der Waals surface area contributed by atoms with Crippen LogP contribution in [0.1, 0.15) is 28.4 Å². The standard InChI is InChI=1S/C19H19NO5/c1-12-5-3-4-6-15(12)11-17(19(23)24)20-18(22)14-7-9-16(10-8-14)25-13(2)21/h3-10,17H,11H2,1-2H3,(H,20,22)(H,23,24)/t17-/m0/s1. The molecule has 2 aromatic carbocycles. The van der Waals surface area contributed by atoms with Crippen molar-refractivity contribution in [2.45, 2.75) is 26.3 Å². The van der Waals surface area contributed by atoms with Crippen molar-refractivity contribution < 1.29 is 24.2 Å². The van der Waals surface area contributed by atoms with Crippen molar-refractivity contribution in [2.24, 2.45) is 0 Å². The zero-order valence-electron chi connectivity index (χ0n) is 14.0. The van der Waals surface area contributed by atoms with Gasteiger partial charge in [0.05, 0.1) is 0 Å². The molecule has 0 aliphatic rings. The molecule has 0 heterocycles. The molecule has 0 fully saturated rings. The van der Waals surface area contributed by atoms with E-state index in [1.54, 1.807) is 0 Å². The minimum absolute atomic E-state index is 0.194. The van der Waals surface area contributed by atoms with Gasteiger partial charge in [-0.1, -0.05) is 24.3 Å². The first-order chi connectivity index (χ1) is 11.9. The number of nitrogens with one attached hydrogen (secondary N) is 1. The smallest absolute Gasteiger partial charge is 0.326 e. The fraction of sp³-hybridized carbons (Fsp3) is 0.211. The Morgan fingerprint density at radius 3 is 2.28 bits per heavy atom. The Bertz CT molecular complexity index is 783. The van der Waals surface area contributed by atoms with Gasteiger partial charge < -0.3 is 15.2 Å². The van der Waals surface area contributed by atoms with Crippen LogP contribution >= 0.6 is 0 Å². The zero-order chi connectivity index (χ0) is 18.4. The number of carboxylic acids is 1. The summed E-state index contributed by atoms with van der Waals surface area (Å²) >= 11 is 0. The van der Waals surface area contributed by atoms with Gasteiger partial charge >= 0.3 is 11.9 Å². The second-order valence-corrected chi connectivity index (χ2v) is 5.61. The van der Waals surface area contributed by atoms with Crippen LogP contribution in [0.3, 0.4) is 0 Å². The van der Waals surface area contributed by atoms with Crippen LogP contribution in [0.5, 0.6) is 5.75 Å². The van der Waals surface area contributed by atoms with Crippen LogP contribution in [0.15, 0.2) is 48.5 Å². The molecule has 2 aromatic rings. The summed E-state index contributed by atoms with van der Waals surface area (Å²) in [6.45, 7) is 3.17. The fourth-order valence-corrected chi connectivity index (χ4v) is 2.34. The van der Waals surface area contributed by atoms with Gasteiger partial charge in [0.1, 0.15) is 11.8 Å². The molecule has 6 heteroatoms. The number of hydrogen-bond acceptors (Lipinski definition) is 4. The minimum atomic E-state index is -1.10. The van der Waals surface area contributed by atoms with E-state index in [4.69, 9.17) is 4.74 Å². The molecule has 2 rings (SSSR count). The highest BCUT2D eigenvalue weighted by Gasteiger charge is 2.21. The van der Waals surface area contributed by atoms with Crippen LogP contribution in [0, 0.1) is 6.92 Å². The Morgan fingerprint density at radius 2 is 1.72 bits per heavy atom. The van der Waals surface area contributed by atoms with Gasteiger partial charge in [-0.15, -0.1) is 0 Å². The lowest BCUT2D eigenvalue weighted by Crippen LogP contribution is -2.42. The van der Waals surface area contributed by atoms with Crippen molar-refractivity contribution in [3.05, 3.63) is 65.2 Å². The molecule has 1 atom stereocenters. The van der Waals surface area contributed by atoms with Crippen molar-refractivity contribution in [3.8, 4) is 5.75 Å². The maximum absolute atomic E-state index is 12.3. The summed E-state index contributed by atoms with van der Waals surface area (Å²) < 4.78 is 4.90. The van der Waals surface area contributed by atoms with Crippen LogP contribution in [-0.2, 0) is 16.0 Å². The maximum Gasteiger partial charge on any atom is 0.326 e. The van der Waals surface area contributed by atoms with Gasteiger partial charge in [0, 0.05) is 18.9 Å². The lowest BCUT2D eigenvalue weighted by atomic mass is 10.0. The molecule has 2 N–H and O–H groups in total. The van der Waals surface area contributed by atoms with E-state index in [9.17, 15) is 19.5 Å². The first kappa shape index (κ1) is 18.2. The van der Waals surface area contributed by atoms with Crippen molar-refractivity contribution in [2.75, 3.05) is 0 Å². The van der Waals surface area contributed by atoms with Gasteiger partial charge in [0.15, 0.2) is 0 Å². The number of carbonyl (C=O) groups excluding carboxylic acids is 2. The number of benzene rings is 2. The monoisotopic (exact) mass is 341 g/mol. The van der Waals surface area contributed by atoms with E-state index >= 15 is 0 Å². The Kier molecular flexibility index (Phi) is 5.89. The Morgan fingerprint density at radius 1 is 1.08 bits per heavy atom. The molecule has 0 bridgehead atoms. The van der Waals surface area contributed by atoms with Gasteiger partial charge in [-0.25, -0.2) is 4.79 Å². The second kappa shape index (κ2) is 8.10. The Hall–Kier alpha value is -3.15. The maximum atomic E-state index is 12.3. The highest BCUT2D eigenvalue weighted by molar-refractivity contribution is 5.96. The van der Waals surface area contributed by atoms with Gasteiger partial charge in [0.2, 0.25) is 0 Å². The van der Waals surface area contributed by atoms with E-state index in [-0.39, 0.29) is 12.0 Å². The molecule has 6 nitrogen and oxygen atoms in total. The van der Waals surface area contributed by atoms with Crippen molar-refractivity contribution in [1.29, 1.82) is 0 Å². The van der Waals surface area contributed by atoms with E-state index in [1.165, 1.54) is 31.2 Å². The molecule has 0 saturated carbocycles. The minimum Gasteiger partial charge on any atom is -0.480 e. The van der Waals surface area contributed by atoms with Crippen LogP contribution < -0.4 is 10.1 Å². The lowest BCUT2D eigenvalue weighted by molar-refractivity contribution is -0.139. The molecule has 25 heavy (non-hydrogen) atoms. The number of hydrogen-bond donors (Lipinski definition) is 2. The van der Waals surface area contributed by atoms with Crippen molar-refractivity contribution in [3.63, 3.8) is 0 Å². The molecule has 0 aliphatic carbocycles. The molecule has 0 aromatic heterocycles. The van der Waals surface area contributed by atoms with Gasteiger partial charge in [-0.2, -0.15) is 0 Å². The summed E-state index contributed by atoms with van der Waals surface area (Å²) in [4.78, 5) is 34.7. The normalized spacial score (nSPS) is 11.4. The highest BCUT2D eigenvalue weighted by Crippen LogP contribution is 2.14. The first-order valence-corrected chi connectivity index (χ1v) is 7.73. The van der Waals surface area contributed by atoms with E-state index in [0.717, 1.165) is 11.1 Å². The number of ether oxygens (including phenoxy) is 1. The predicted octanol–water partition coefficient (Wildman–Crippen LogP) is 2.35. The summed E-state index contributed by atoms with van der Waals surface area (Å²) in [5.41, 5.74) is 2.11. The molecule has 130 valence electrons. The number of aryl methyl sites for hydroxylation is 1. The highest BCUT2D eigenvalue weighted by atomic mass is 16.5. The third-order valence-electron chi connectivity index (χ3n) is 3.67. The molecule has 0 aliphatic heterocycles. The van der Waals surface area contributed by atoms with Gasteiger partial charge in [0.25, 0.3) is 5.91 Å². The zero-order valence-corrected chi connectivity index (χ0v) is 14.0. The largest absolute Gasteiger partial charge is 0.480 e. The van der Waals surface area contributed by atoms with Crippen LogP contribution in [0.2, 0.25) is 0 Å². The fourth-order valence-electron chi connectivity index (χ4n) is 2.34. The Balaban J connectivity index is 2.08. The summed E-state index contributed by atoms with van der Waals surface area (Å²) in [5.74, 6) is -1.75. The van der Waals surface area contributed by atoms with Crippen LogP contribution in [0.25, 0.3) is 0 Å². The average Bonchev–Trinajstić information content (AvgIpc) is 2.56. The molecular weight excluding hydrogens is 322 g/mol. The lowest BCUT2D eigenvalue weighted by Gasteiger charge is -2.16. The number of carboxylic acid groups (broad SMARTS) is 1. The van der Waals surface area contributed by atoms with Gasteiger partial charge in [-0.05, 0) is 42.3 Å². The third-order valence-corrected chi connectivity index (χ3v) is 3.67. The Labute approximate surface area is 145 Å². The summed E-state index contributed by atoms with van der Waals surface area (Å²) in [7, 11) is 0. The average molecular weight is 341 g/mol. The van der Waals surface area contributed by atoms with Crippen molar-refractivity contribution >= 4 is 17.8 Å². The topological polar surface area (TPSA) is 92.7 Å². The second-order valence-electron chi connectivity index (χ2n) is 5.61. The molecule has 0 radical (unpaired) electrons. The number of aliphatic carboxylic acids is 1. The number of amides is 1. The summed E-state index contributed by atoms with van der Waals surface area (Å²) in [5, 5.41) is 11.9. The van der Waals surface area contributed by atoms with Crippen molar-refractivity contribution in [1.82, 2.24) is 5.32 Å². The molecule has 0 unspecified atom stereocenters. The van der Waals surface area contributed by atoms with E-state index in [0.29, 0.717) is 5.75 Å². The van der Waals surface area contributed by atoms with Crippen LogP contribution in [-0.4, -0.2) is 29.0 Å². The first-order valence-electron chi connectivity index (χ1n) is 7.73. The van der Waals surface area contributed by atoms with E-state index < -0.39 is 23.9 Å². The molecule has 0 saturated heterocycles. The number of carbonyl (C=O) groups is 3. The van der Waals surface area contributed by atoms with Crippen LogP contribution in [0.4, 0.5) is 0 Å². The molecule has 1 amide bonds. The van der Waals surface area contributed by atoms with E-state index in [1.807, 2.05) is 31.2 Å². The third kappa shape index (κ3) is 5.17. The number of esters is 1. The predicted molar refractivity (Wildman–Crippen MR) is 91.5 cm³/mol. The molecule has 0 spiro atoms. The molecular formula is C19H19NO5. The summed E-state index contributed by atoms with van der Waals surface area (Å²) in [6.07, 6.45) is 0.194. The SMILES string of the molecule is CC(=O)Oc1ccc(C(=O)N[C@@H](Cc2ccccc2C)C(=O)O)cc1. The summed E-state index contributed by atoms with van der Waals surface area (Å²) in [6, 6.07) is 12.3.